The Kier molecular flexibility index (Phi) is 6.81. The number of halogens is 3. The minimum atomic E-state index is -2.77. The Morgan fingerprint density at radius 3 is 2.52 bits per heavy atom. The zero-order valence-corrected chi connectivity index (χ0v) is 25.3. The maximum absolute atomic E-state index is 16.9. The Morgan fingerprint density at radius 2 is 1.83 bits per heavy atom. The first-order valence-corrected chi connectivity index (χ1v) is 15.6. The topological polar surface area (TPSA) is 66.4 Å². The first-order valence-electron chi connectivity index (χ1n) is 15.6. The summed E-state index contributed by atoms with van der Waals surface area (Å²) in [6.45, 7) is 11.7. The lowest BCUT2D eigenvalue weighted by atomic mass is 9.92. The minimum Gasteiger partial charge on any atom is -0.461 e. The number of pyridine rings is 1. The largest absolute Gasteiger partial charge is 0.461 e. The second-order valence-corrected chi connectivity index (χ2v) is 13.2. The number of nitrogens with zero attached hydrogens (tertiary/aromatic N) is 5. The van der Waals surface area contributed by atoms with Gasteiger partial charge in [-0.2, -0.15) is 9.97 Å². The fourth-order valence-electron chi connectivity index (χ4n) is 8.02. The van der Waals surface area contributed by atoms with Crippen molar-refractivity contribution >= 4 is 27.5 Å². The van der Waals surface area contributed by atoms with Gasteiger partial charge in [-0.1, -0.05) is 42.4 Å². The molecule has 2 aromatic heterocycles. The number of nitrogens with one attached hydrogen (secondary N) is 1. The number of piperazine rings is 1. The third-order valence-corrected chi connectivity index (χ3v) is 9.95. The van der Waals surface area contributed by atoms with Gasteiger partial charge in [0.2, 0.25) is 0 Å². The Balaban J connectivity index is 1.28. The van der Waals surface area contributed by atoms with Crippen molar-refractivity contribution in [2.75, 3.05) is 37.7 Å². The van der Waals surface area contributed by atoms with Crippen molar-refractivity contribution in [1.29, 1.82) is 0 Å². The summed E-state index contributed by atoms with van der Waals surface area (Å²) in [5.74, 6) is 2.42. The van der Waals surface area contributed by atoms with Crippen LogP contribution in [0.3, 0.4) is 0 Å². The number of hydrogen-bond donors (Lipinski definition) is 1. The number of terminal acetylenes is 1. The molecule has 4 saturated heterocycles. The van der Waals surface area contributed by atoms with Crippen molar-refractivity contribution in [2.45, 2.75) is 49.7 Å². The first-order chi connectivity index (χ1) is 22.2. The van der Waals surface area contributed by atoms with E-state index in [1.807, 2.05) is 0 Å². The standard InChI is InChI=1S/C36H33F3N6O/c1-4-22-6-5-7-23-10-24(33(38)39)11-27(29(22)23)31-30(37)32-28(14-40-31)34(44-17-25-8-9-26(18-44)41-25)43-35(42-32)46-19-36-12-20(2)15-45(36)16-21(3)13-36/h1,5-7,10-11,14,25-26,33,41H,2-3,8-9,12-13,15-19H2/t25-,26+. The normalized spacial score (nSPS) is 22.3. The Labute approximate surface area is 265 Å². The van der Waals surface area contributed by atoms with E-state index >= 15 is 4.39 Å². The van der Waals surface area contributed by atoms with Crippen LogP contribution in [-0.4, -0.2) is 70.3 Å². The highest BCUT2D eigenvalue weighted by molar-refractivity contribution is 6.02. The fourth-order valence-corrected chi connectivity index (χ4v) is 8.02. The quantitative estimate of drug-likeness (QED) is 0.204. The van der Waals surface area contributed by atoms with Crippen LogP contribution in [0.15, 0.2) is 60.8 Å². The van der Waals surface area contributed by atoms with Gasteiger partial charge in [0.1, 0.15) is 23.6 Å². The van der Waals surface area contributed by atoms with E-state index in [4.69, 9.17) is 16.1 Å². The Morgan fingerprint density at radius 1 is 1.09 bits per heavy atom. The van der Waals surface area contributed by atoms with Gasteiger partial charge in [0.05, 0.1) is 10.9 Å². The molecule has 2 atom stereocenters. The predicted molar refractivity (Wildman–Crippen MR) is 173 cm³/mol. The van der Waals surface area contributed by atoms with Gasteiger partial charge in [-0.05, 0) is 49.3 Å². The lowest BCUT2D eigenvalue weighted by molar-refractivity contribution is 0.108. The fraction of sp³-hybridized carbons (Fsp3) is 0.361. The second kappa shape index (κ2) is 10.8. The predicted octanol–water partition coefficient (Wildman–Crippen LogP) is 6.18. The van der Waals surface area contributed by atoms with Crippen molar-refractivity contribution in [3.05, 3.63) is 77.8 Å². The molecule has 4 fully saturated rings. The van der Waals surface area contributed by atoms with Crippen molar-refractivity contribution in [2.24, 2.45) is 0 Å². The van der Waals surface area contributed by atoms with E-state index in [2.05, 4.69) is 44.2 Å². The molecule has 4 aliphatic rings. The van der Waals surface area contributed by atoms with Crippen LogP contribution in [-0.2, 0) is 0 Å². The number of anilines is 1. The molecule has 0 unspecified atom stereocenters. The smallest absolute Gasteiger partial charge is 0.319 e. The minimum absolute atomic E-state index is 0.0192. The van der Waals surface area contributed by atoms with E-state index in [9.17, 15) is 8.78 Å². The average Bonchev–Trinajstić information content (AvgIpc) is 3.65. The third-order valence-electron chi connectivity index (χ3n) is 9.95. The molecule has 0 spiro atoms. The van der Waals surface area contributed by atoms with Gasteiger partial charge in [0.15, 0.2) is 5.82 Å². The van der Waals surface area contributed by atoms with Crippen LogP contribution in [0.4, 0.5) is 19.0 Å². The zero-order valence-electron chi connectivity index (χ0n) is 25.3. The SMILES string of the molecule is C#Cc1cccc2cc(C(F)F)cc(-c3ncc4c(N5C[C@H]6CC[C@@H](C5)N6)nc(OCC56CC(=C)CN5CC(=C)C6)nc4c3F)c12. The summed E-state index contributed by atoms with van der Waals surface area (Å²) in [6, 6.07) is 8.41. The Hall–Kier alpha value is -4.46. The molecule has 46 heavy (non-hydrogen) atoms. The zero-order chi connectivity index (χ0) is 31.7. The summed E-state index contributed by atoms with van der Waals surface area (Å²) in [5.41, 5.74) is 2.29. The summed E-state index contributed by atoms with van der Waals surface area (Å²) < 4.78 is 51.3. The molecular formula is C36H33F3N6O. The van der Waals surface area contributed by atoms with Gasteiger partial charge >= 0.3 is 6.01 Å². The molecule has 0 amide bonds. The van der Waals surface area contributed by atoms with E-state index < -0.39 is 12.2 Å². The molecule has 8 rings (SSSR count). The molecule has 10 heteroatoms. The molecular weight excluding hydrogens is 589 g/mol. The average molecular weight is 623 g/mol. The molecule has 234 valence electrons. The molecule has 0 radical (unpaired) electrons. The van der Waals surface area contributed by atoms with Crippen LogP contribution in [0.25, 0.3) is 32.9 Å². The highest BCUT2D eigenvalue weighted by Gasteiger charge is 2.48. The molecule has 2 aromatic carbocycles. The van der Waals surface area contributed by atoms with Gasteiger partial charge in [-0.25, -0.2) is 13.2 Å². The summed E-state index contributed by atoms with van der Waals surface area (Å²) in [6.07, 6.45) is 8.25. The number of alkyl halides is 2. The summed E-state index contributed by atoms with van der Waals surface area (Å²) in [4.78, 5) is 18.5. The van der Waals surface area contributed by atoms with Crippen molar-refractivity contribution in [1.82, 2.24) is 25.2 Å². The van der Waals surface area contributed by atoms with Gasteiger partial charge in [0, 0.05) is 66.5 Å². The maximum atomic E-state index is 16.9. The Bertz CT molecular complexity index is 1950. The summed E-state index contributed by atoms with van der Waals surface area (Å²) in [7, 11) is 0. The van der Waals surface area contributed by atoms with Crippen molar-refractivity contribution < 1.29 is 17.9 Å². The van der Waals surface area contributed by atoms with Crippen LogP contribution in [0, 0.1) is 18.2 Å². The molecule has 4 aliphatic heterocycles. The molecule has 1 N–H and O–H groups in total. The molecule has 4 aromatic rings. The van der Waals surface area contributed by atoms with Gasteiger partial charge in [0.25, 0.3) is 6.43 Å². The monoisotopic (exact) mass is 622 g/mol. The lowest BCUT2D eigenvalue weighted by Crippen LogP contribution is -2.51. The number of ether oxygens (including phenoxy) is 1. The molecule has 7 nitrogen and oxygen atoms in total. The van der Waals surface area contributed by atoms with Crippen LogP contribution >= 0.6 is 0 Å². The van der Waals surface area contributed by atoms with Gasteiger partial charge in [-0.15, -0.1) is 6.42 Å². The number of fused-ring (bicyclic) bond motifs is 5. The molecule has 0 aliphatic carbocycles. The van der Waals surface area contributed by atoms with E-state index in [0.717, 1.165) is 49.9 Å². The lowest BCUT2D eigenvalue weighted by Gasteiger charge is -2.34. The maximum Gasteiger partial charge on any atom is 0.319 e. The van der Waals surface area contributed by atoms with E-state index in [-0.39, 0.29) is 33.9 Å². The number of benzene rings is 2. The van der Waals surface area contributed by atoms with Gasteiger partial charge < -0.3 is 15.0 Å². The summed E-state index contributed by atoms with van der Waals surface area (Å²) >= 11 is 0. The molecule has 0 saturated carbocycles. The number of rotatable bonds is 6. The molecule has 6 heterocycles. The molecule has 2 bridgehead atoms. The summed E-state index contributed by atoms with van der Waals surface area (Å²) in [5, 5.41) is 5.02. The number of hydrogen-bond acceptors (Lipinski definition) is 7. The van der Waals surface area contributed by atoms with E-state index in [1.165, 1.54) is 12.1 Å². The van der Waals surface area contributed by atoms with Crippen LogP contribution < -0.4 is 15.0 Å². The third kappa shape index (κ3) is 4.72. The first kappa shape index (κ1) is 29.0. The van der Waals surface area contributed by atoms with Crippen molar-refractivity contribution in [3.8, 4) is 29.6 Å². The van der Waals surface area contributed by atoms with Crippen LogP contribution in [0.1, 0.15) is 43.2 Å². The van der Waals surface area contributed by atoms with Crippen molar-refractivity contribution in [3.63, 3.8) is 0 Å². The number of aromatic nitrogens is 3. The van der Waals surface area contributed by atoms with E-state index in [1.54, 1.807) is 24.4 Å². The van der Waals surface area contributed by atoms with Gasteiger partial charge in [-0.3, -0.25) is 9.88 Å². The van der Waals surface area contributed by atoms with E-state index in [0.29, 0.717) is 59.3 Å². The highest BCUT2D eigenvalue weighted by Crippen LogP contribution is 2.43. The van der Waals surface area contributed by atoms with Crippen LogP contribution in [0.5, 0.6) is 6.01 Å². The van der Waals surface area contributed by atoms with Crippen LogP contribution in [0.2, 0.25) is 0 Å². The second-order valence-electron chi connectivity index (χ2n) is 13.2. The highest BCUT2D eigenvalue weighted by atomic mass is 19.3.